The minimum absolute atomic E-state index is 0.0288. The molecule has 1 aromatic heterocycles. The van der Waals surface area contributed by atoms with Crippen LogP contribution in [0.1, 0.15) is 65.5 Å². The van der Waals surface area contributed by atoms with Gasteiger partial charge in [-0.15, -0.1) is 0 Å². The van der Waals surface area contributed by atoms with Crippen molar-refractivity contribution in [2.45, 2.75) is 71.7 Å². The largest absolute Gasteiger partial charge is 0.472 e. The quantitative estimate of drug-likeness (QED) is 0.483. The number of carbonyl (C=O) groups excluding carboxylic acids is 3. The Bertz CT molecular complexity index is 1080. The lowest BCUT2D eigenvalue weighted by atomic mass is 9.36. The molecule has 5 aliphatic rings. The Labute approximate surface area is 187 Å². The van der Waals surface area contributed by atoms with Gasteiger partial charge in [0, 0.05) is 22.8 Å². The Morgan fingerprint density at radius 1 is 1.00 bits per heavy atom. The lowest BCUT2D eigenvalue weighted by Crippen LogP contribution is -2.71. The third-order valence-corrected chi connectivity index (χ3v) is 10.3. The standard InChI is InChI=1S/C26H30O6/c1-22(2)16-12-18(28)25(5)15(23(16,3)9-7-17(22)27)6-10-24(4)19(14-8-11-30-13-14)31-21(29)20-26(24,25)32-20/h7-9,11,13,15-16,19-20H,6,10,12H2,1-5H3/t15?,16?,19?,20?,23-,24-,25-,26-/m0/s1. The Morgan fingerprint density at radius 2 is 1.75 bits per heavy atom. The van der Waals surface area contributed by atoms with Crippen molar-refractivity contribution < 1.29 is 28.3 Å². The Balaban J connectivity index is 1.53. The number of hydrogen-bond donors (Lipinski definition) is 0. The van der Waals surface area contributed by atoms with Crippen LogP contribution in [0.5, 0.6) is 0 Å². The molecule has 4 fully saturated rings. The van der Waals surface area contributed by atoms with Crippen LogP contribution in [0, 0.1) is 33.5 Å². The van der Waals surface area contributed by atoms with Crippen LogP contribution in [0.2, 0.25) is 0 Å². The smallest absolute Gasteiger partial charge is 0.339 e. The maximum atomic E-state index is 14.1. The van der Waals surface area contributed by atoms with E-state index in [0.29, 0.717) is 6.42 Å². The van der Waals surface area contributed by atoms with Crippen LogP contribution in [-0.2, 0) is 23.9 Å². The van der Waals surface area contributed by atoms with Crippen molar-refractivity contribution in [2.75, 3.05) is 0 Å². The fourth-order valence-electron chi connectivity index (χ4n) is 8.56. The second-order valence-electron chi connectivity index (χ2n) is 11.8. The summed E-state index contributed by atoms with van der Waals surface area (Å²) in [5, 5.41) is 0. The van der Waals surface area contributed by atoms with E-state index in [1.807, 2.05) is 32.9 Å². The summed E-state index contributed by atoms with van der Waals surface area (Å²) in [7, 11) is 0. The van der Waals surface area contributed by atoms with Crippen LogP contribution in [0.4, 0.5) is 0 Å². The molecule has 6 rings (SSSR count). The molecule has 3 heterocycles. The number of epoxide rings is 1. The summed E-state index contributed by atoms with van der Waals surface area (Å²) < 4.78 is 17.5. The Hall–Kier alpha value is -2.21. The van der Waals surface area contributed by atoms with Gasteiger partial charge in [-0.1, -0.05) is 33.8 Å². The highest BCUT2D eigenvalue weighted by molar-refractivity contribution is 5.98. The first kappa shape index (κ1) is 20.4. The van der Waals surface area contributed by atoms with Crippen LogP contribution in [-0.4, -0.2) is 29.2 Å². The number of fused-ring (bicyclic) bond motifs is 3. The van der Waals surface area contributed by atoms with Crippen LogP contribution in [0.15, 0.2) is 35.2 Å². The summed E-state index contributed by atoms with van der Waals surface area (Å²) in [6.45, 7) is 10.2. The number of rotatable bonds is 1. The molecule has 2 saturated heterocycles. The highest BCUT2D eigenvalue weighted by Gasteiger charge is 2.88. The number of allylic oxidation sites excluding steroid dienone is 2. The zero-order valence-electron chi connectivity index (χ0n) is 19.3. The molecule has 6 heteroatoms. The van der Waals surface area contributed by atoms with Gasteiger partial charge in [-0.05, 0) is 49.2 Å². The first-order chi connectivity index (χ1) is 14.9. The van der Waals surface area contributed by atoms with Crippen LogP contribution in [0.3, 0.4) is 0 Å². The molecule has 1 spiro atoms. The summed E-state index contributed by atoms with van der Waals surface area (Å²) in [5.41, 5.74) is -2.45. The summed E-state index contributed by atoms with van der Waals surface area (Å²) in [4.78, 5) is 39.8. The first-order valence-electron chi connectivity index (χ1n) is 11.6. The van der Waals surface area contributed by atoms with E-state index in [1.165, 1.54) is 0 Å². The normalized spacial score (nSPS) is 50.6. The molecular weight excluding hydrogens is 408 g/mol. The fourth-order valence-corrected chi connectivity index (χ4v) is 8.56. The van der Waals surface area contributed by atoms with Gasteiger partial charge in [0.2, 0.25) is 0 Å². The molecule has 170 valence electrons. The molecule has 0 aromatic carbocycles. The van der Waals surface area contributed by atoms with E-state index in [0.717, 1.165) is 18.4 Å². The number of ether oxygens (including phenoxy) is 2. The maximum Gasteiger partial charge on any atom is 0.339 e. The van der Waals surface area contributed by atoms with Crippen molar-refractivity contribution in [1.29, 1.82) is 0 Å². The van der Waals surface area contributed by atoms with E-state index in [2.05, 4.69) is 13.8 Å². The highest BCUT2D eigenvalue weighted by Crippen LogP contribution is 2.78. The van der Waals surface area contributed by atoms with Gasteiger partial charge in [-0.2, -0.15) is 0 Å². The predicted molar refractivity (Wildman–Crippen MR) is 113 cm³/mol. The number of esters is 1. The second-order valence-corrected chi connectivity index (χ2v) is 11.8. The predicted octanol–water partition coefficient (Wildman–Crippen LogP) is 4.20. The van der Waals surface area contributed by atoms with E-state index < -0.39 is 40.0 Å². The van der Waals surface area contributed by atoms with Gasteiger partial charge in [0.15, 0.2) is 11.9 Å². The number of carbonyl (C=O) groups is 3. The van der Waals surface area contributed by atoms with Crippen LogP contribution < -0.4 is 0 Å². The highest BCUT2D eigenvalue weighted by atomic mass is 16.7. The van der Waals surface area contributed by atoms with Gasteiger partial charge in [-0.3, -0.25) is 9.59 Å². The SMILES string of the molecule is CC1(C)C(=O)C=C[C@]2(C)C1CC(=O)[C@]1(C)C2CC[C@@]2(C)C(c3ccoc3)OC(=O)C3O[C@@]321. The van der Waals surface area contributed by atoms with Gasteiger partial charge in [0.25, 0.3) is 0 Å². The van der Waals surface area contributed by atoms with Crippen LogP contribution in [0.25, 0.3) is 0 Å². The van der Waals surface area contributed by atoms with E-state index in [1.54, 1.807) is 18.6 Å². The molecule has 8 atom stereocenters. The Morgan fingerprint density at radius 3 is 2.44 bits per heavy atom. The summed E-state index contributed by atoms with van der Waals surface area (Å²) in [6.07, 6.45) is 7.57. The first-order valence-corrected chi connectivity index (χ1v) is 11.6. The average Bonchev–Trinajstić information content (AvgIpc) is 3.30. The van der Waals surface area contributed by atoms with Crippen molar-refractivity contribution in [3.63, 3.8) is 0 Å². The third kappa shape index (κ3) is 1.92. The molecule has 6 nitrogen and oxygen atoms in total. The molecule has 0 bridgehead atoms. The lowest BCUT2D eigenvalue weighted by molar-refractivity contribution is -0.210. The molecule has 2 saturated carbocycles. The average molecular weight is 439 g/mol. The molecular formula is C26H30O6. The fraction of sp³-hybridized carbons (Fsp3) is 0.654. The molecule has 4 unspecified atom stereocenters. The summed E-state index contributed by atoms with van der Waals surface area (Å²) >= 11 is 0. The van der Waals surface area contributed by atoms with Gasteiger partial charge < -0.3 is 13.9 Å². The van der Waals surface area contributed by atoms with Crippen molar-refractivity contribution >= 4 is 17.5 Å². The molecule has 1 aromatic rings. The second kappa shape index (κ2) is 5.64. The monoisotopic (exact) mass is 438 g/mol. The number of Topliss-reactive ketones (excluding diaryl/α,β-unsaturated/α-hetero) is 1. The van der Waals surface area contributed by atoms with E-state index in [-0.39, 0.29) is 28.8 Å². The van der Waals surface area contributed by atoms with Gasteiger partial charge in [-0.25, -0.2) is 4.79 Å². The third-order valence-electron chi connectivity index (χ3n) is 10.3. The lowest BCUT2D eigenvalue weighted by Gasteiger charge is -2.66. The molecule has 0 amide bonds. The number of furan rings is 1. The van der Waals surface area contributed by atoms with Crippen molar-refractivity contribution in [3.8, 4) is 0 Å². The summed E-state index contributed by atoms with van der Waals surface area (Å²) in [6, 6.07) is 1.83. The zero-order valence-corrected chi connectivity index (χ0v) is 19.3. The molecule has 0 radical (unpaired) electrons. The maximum absolute atomic E-state index is 14.1. The Kier molecular flexibility index (Phi) is 3.60. The van der Waals surface area contributed by atoms with Gasteiger partial charge in [0.1, 0.15) is 17.5 Å². The molecule has 0 N–H and O–H groups in total. The van der Waals surface area contributed by atoms with Crippen molar-refractivity contribution in [3.05, 3.63) is 36.3 Å². The van der Waals surface area contributed by atoms with E-state index in [4.69, 9.17) is 13.9 Å². The zero-order chi connectivity index (χ0) is 22.9. The summed E-state index contributed by atoms with van der Waals surface area (Å²) in [5.74, 6) is -0.312. The topological polar surface area (TPSA) is 86.1 Å². The number of hydrogen-bond acceptors (Lipinski definition) is 6. The van der Waals surface area contributed by atoms with Gasteiger partial charge in [0.05, 0.1) is 17.9 Å². The molecule has 32 heavy (non-hydrogen) atoms. The van der Waals surface area contributed by atoms with E-state index >= 15 is 0 Å². The van der Waals surface area contributed by atoms with E-state index in [9.17, 15) is 14.4 Å². The van der Waals surface area contributed by atoms with Crippen molar-refractivity contribution in [2.24, 2.45) is 33.5 Å². The minimum atomic E-state index is -0.912. The van der Waals surface area contributed by atoms with Crippen LogP contribution >= 0.6 is 0 Å². The minimum Gasteiger partial charge on any atom is -0.472 e. The van der Waals surface area contributed by atoms with Gasteiger partial charge >= 0.3 is 5.97 Å². The molecule has 3 aliphatic carbocycles. The number of ketones is 2. The molecule has 2 aliphatic heterocycles. The number of cyclic esters (lactones) is 1. The van der Waals surface area contributed by atoms with Crippen molar-refractivity contribution in [1.82, 2.24) is 0 Å².